The fraction of sp³-hybridized carbons (Fsp3) is 0.778. The van der Waals surface area contributed by atoms with Crippen LogP contribution in [0.1, 0.15) is 60.3 Å². The number of carboxylic acid groups (broad SMARTS) is 1. The van der Waals surface area contributed by atoms with Crippen LogP contribution in [0.2, 0.25) is 0 Å². The molecule has 0 radical (unpaired) electrons. The van der Waals surface area contributed by atoms with Crippen LogP contribution in [0.5, 0.6) is 0 Å². The Bertz CT molecular complexity index is 1020. The molecule has 5 aliphatic rings. The van der Waals surface area contributed by atoms with Crippen LogP contribution >= 0.6 is 0 Å². The number of ether oxygens (including phenoxy) is 2. The summed E-state index contributed by atoms with van der Waals surface area (Å²) in [6.45, 7) is 9.01. The smallest absolute Gasteiger partial charge is 0.310 e. The standard InChI is InChI=1S/C27H37FO7/c1-13(23(32)33)16-8-14(30)9-18-19(28)10-15-17-11-21-27(6-7-29,35-24(2,3)34-21)25(17,4)12-20(31)22(15)26(16,18)5/h8-9,13,15,17,19-22,29,31H,6-7,10-12H2,1-5H3,(H,32,33)/t13?,15-,17-,19-,20-,21+,22+,25-,26+,27+/m0/s1. The monoisotopic (exact) mass is 492 g/mol. The Hall–Kier alpha value is -1.61. The highest BCUT2D eigenvalue weighted by atomic mass is 19.1. The van der Waals surface area contributed by atoms with Gasteiger partial charge in [0.2, 0.25) is 0 Å². The van der Waals surface area contributed by atoms with Crippen molar-refractivity contribution in [3.8, 4) is 0 Å². The molecule has 3 N–H and O–H groups in total. The van der Waals surface area contributed by atoms with E-state index in [4.69, 9.17) is 9.47 Å². The zero-order valence-electron chi connectivity index (χ0n) is 21.1. The molecule has 10 atom stereocenters. The highest BCUT2D eigenvalue weighted by Gasteiger charge is 2.74. The number of carbonyl (C=O) groups is 2. The van der Waals surface area contributed by atoms with Crippen molar-refractivity contribution in [2.24, 2.45) is 34.5 Å². The minimum Gasteiger partial charge on any atom is -0.481 e. The van der Waals surface area contributed by atoms with Crippen LogP contribution in [0.25, 0.3) is 0 Å². The number of allylic oxidation sites excluding steroid dienone is 3. The molecule has 4 aliphatic carbocycles. The van der Waals surface area contributed by atoms with Crippen molar-refractivity contribution in [2.45, 2.75) is 90.1 Å². The lowest BCUT2D eigenvalue weighted by Gasteiger charge is -2.62. The van der Waals surface area contributed by atoms with Gasteiger partial charge < -0.3 is 24.8 Å². The Morgan fingerprint density at radius 2 is 1.91 bits per heavy atom. The average Bonchev–Trinajstić information content (AvgIpc) is 3.13. The van der Waals surface area contributed by atoms with E-state index in [-0.39, 0.29) is 36.5 Å². The number of carboxylic acids is 1. The van der Waals surface area contributed by atoms with E-state index in [1.165, 1.54) is 19.1 Å². The number of hydrogen-bond donors (Lipinski definition) is 3. The SMILES string of the molecule is CC(C(=O)O)C1=CC(=O)C=C2[C@@H](F)C[C@@H]3[C@H]([C@@H](O)C[C@@]4(C)[C@H]3C[C@H]3OC(C)(C)O[C@]34CCO)[C@]12C. The molecule has 5 rings (SSSR count). The number of fused-ring (bicyclic) bond motifs is 7. The lowest BCUT2D eigenvalue weighted by molar-refractivity contribution is -0.232. The van der Waals surface area contributed by atoms with Crippen molar-refractivity contribution in [1.29, 1.82) is 0 Å². The molecule has 4 fully saturated rings. The summed E-state index contributed by atoms with van der Waals surface area (Å²) in [5.74, 6) is -4.08. The summed E-state index contributed by atoms with van der Waals surface area (Å²) in [5.41, 5.74) is -1.81. The van der Waals surface area contributed by atoms with Crippen molar-refractivity contribution in [2.75, 3.05) is 6.61 Å². The first kappa shape index (κ1) is 25.1. The Labute approximate surface area is 205 Å². The van der Waals surface area contributed by atoms with E-state index >= 15 is 4.39 Å². The first-order valence-corrected chi connectivity index (χ1v) is 12.7. The molecule has 0 bridgehead atoms. The predicted molar refractivity (Wildman–Crippen MR) is 124 cm³/mol. The molecule has 1 saturated heterocycles. The van der Waals surface area contributed by atoms with Crippen LogP contribution < -0.4 is 0 Å². The summed E-state index contributed by atoms with van der Waals surface area (Å²) in [5, 5.41) is 31.6. The van der Waals surface area contributed by atoms with E-state index in [9.17, 15) is 24.9 Å². The lowest BCUT2D eigenvalue weighted by atomic mass is 9.44. The number of hydrogen-bond acceptors (Lipinski definition) is 6. The molecule has 194 valence electrons. The van der Waals surface area contributed by atoms with E-state index in [0.29, 0.717) is 24.8 Å². The number of rotatable bonds is 4. The van der Waals surface area contributed by atoms with Gasteiger partial charge in [0, 0.05) is 29.8 Å². The number of aliphatic hydroxyl groups is 2. The molecule has 1 aliphatic heterocycles. The van der Waals surface area contributed by atoms with Gasteiger partial charge in [0.1, 0.15) is 11.8 Å². The maximum absolute atomic E-state index is 15.9. The van der Waals surface area contributed by atoms with Crippen molar-refractivity contribution >= 4 is 11.8 Å². The molecular weight excluding hydrogens is 455 g/mol. The quantitative estimate of drug-likeness (QED) is 0.552. The predicted octanol–water partition coefficient (Wildman–Crippen LogP) is 3.19. The zero-order valence-corrected chi connectivity index (χ0v) is 21.1. The van der Waals surface area contributed by atoms with Crippen molar-refractivity contribution in [1.82, 2.24) is 0 Å². The maximum Gasteiger partial charge on any atom is 0.310 e. The second-order valence-electron chi connectivity index (χ2n) is 12.3. The van der Waals surface area contributed by atoms with Crippen LogP contribution in [0.3, 0.4) is 0 Å². The summed E-state index contributed by atoms with van der Waals surface area (Å²) < 4.78 is 28.8. The van der Waals surface area contributed by atoms with Crippen LogP contribution in [0, 0.1) is 34.5 Å². The summed E-state index contributed by atoms with van der Waals surface area (Å²) >= 11 is 0. The number of aliphatic hydroxyl groups excluding tert-OH is 2. The molecule has 0 spiro atoms. The minimum absolute atomic E-state index is 0.0563. The zero-order chi connectivity index (χ0) is 25.7. The van der Waals surface area contributed by atoms with E-state index in [1.54, 1.807) is 6.92 Å². The summed E-state index contributed by atoms with van der Waals surface area (Å²) in [6, 6.07) is 0. The highest BCUT2D eigenvalue weighted by Crippen LogP contribution is 2.72. The van der Waals surface area contributed by atoms with Crippen molar-refractivity contribution in [3.63, 3.8) is 0 Å². The van der Waals surface area contributed by atoms with Crippen LogP contribution in [0.4, 0.5) is 4.39 Å². The van der Waals surface area contributed by atoms with Gasteiger partial charge in [0.25, 0.3) is 0 Å². The largest absolute Gasteiger partial charge is 0.481 e. The molecular formula is C27H37FO7. The van der Waals surface area contributed by atoms with Crippen molar-refractivity contribution in [3.05, 3.63) is 23.3 Å². The van der Waals surface area contributed by atoms with Crippen LogP contribution in [0.15, 0.2) is 23.3 Å². The minimum atomic E-state index is -1.42. The third-order valence-electron chi connectivity index (χ3n) is 10.3. The average molecular weight is 493 g/mol. The fourth-order valence-electron chi connectivity index (χ4n) is 9.04. The molecule has 3 saturated carbocycles. The third kappa shape index (κ3) is 3.15. The number of aliphatic carboxylic acids is 1. The van der Waals surface area contributed by atoms with Gasteiger partial charge in [-0.2, -0.15) is 0 Å². The molecule has 1 heterocycles. The second-order valence-corrected chi connectivity index (χ2v) is 12.3. The van der Waals surface area contributed by atoms with Gasteiger partial charge in [-0.05, 0) is 75.2 Å². The van der Waals surface area contributed by atoms with Gasteiger partial charge in [-0.25, -0.2) is 4.39 Å². The van der Waals surface area contributed by atoms with Crippen molar-refractivity contribution < 1.29 is 38.8 Å². The first-order valence-electron chi connectivity index (χ1n) is 12.7. The van der Waals surface area contributed by atoms with Gasteiger partial charge in [-0.3, -0.25) is 9.59 Å². The Kier molecular flexibility index (Phi) is 5.51. The molecule has 0 amide bonds. The van der Waals surface area contributed by atoms with Gasteiger partial charge in [-0.15, -0.1) is 0 Å². The summed E-state index contributed by atoms with van der Waals surface area (Å²) in [6.07, 6.45) is 1.53. The van der Waals surface area contributed by atoms with E-state index in [0.717, 1.165) is 0 Å². The van der Waals surface area contributed by atoms with E-state index in [1.807, 2.05) is 13.8 Å². The molecule has 0 aromatic heterocycles. The molecule has 8 heteroatoms. The topological polar surface area (TPSA) is 113 Å². The molecule has 0 aromatic carbocycles. The summed E-state index contributed by atoms with van der Waals surface area (Å²) in [4.78, 5) is 24.5. The first-order chi connectivity index (χ1) is 16.2. The molecule has 0 aromatic rings. The van der Waals surface area contributed by atoms with Crippen LogP contribution in [-0.2, 0) is 19.1 Å². The molecule has 1 unspecified atom stereocenters. The van der Waals surface area contributed by atoms with E-state index in [2.05, 4.69) is 6.92 Å². The number of carbonyl (C=O) groups excluding carboxylic acids is 1. The Morgan fingerprint density at radius 1 is 1.23 bits per heavy atom. The molecule has 35 heavy (non-hydrogen) atoms. The normalized spacial score (nSPS) is 48.7. The second kappa shape index (κ2) is 7.70. The highest BCUT2D eigenvalue weighted by molar-refractivity contribution is 6.03. The van der Waals surface area contributed by atoms with Crippen LogP contribution in [-0.4, -0.2) is 63.4 Å². The Balaban J connectivity index is 1.62. The van der Waals surface area contributed by atoms with E-state index < -0.39 is 58.1 Å². The number of alkyl halides is 1. The number of halogens is 1. The molecule has 7 nitrogen and oxygen atoms in total. The Morgan fingerprint density at radius 3 is 2.54 bits per heavy atom. The fourth-order valence-corrected chi connectivity index (χ4v) is 9.04. The van der Waals surface area contributed by atoms with Gasteiger partial charge in [0.15, 0.2) is 11.6 Å². The maximum atomic E-state index is 15.9. The summed E-state index contributed by atoms with van der Waals surface area (Å²) in [7, 11) is 0. The van der Waals surface area contributed by atoms with Gasteiger partial charge in [-0.1, -0.05) is 13.8 Å². The lowest BCUT2D eigenvalue weighted by Crippen LogP contribution is -2.63. The third-order valence-corrected chi connectivity index (χ3v) is 10.3. The number of ketones is 1. The van der Waals surface area contributed by atoms with Gasteiger partial charge in [0.05, 0.1) is 18.1 Å². The van der Waals surface area contributed by atoms with Gasteiger partial charge >= 0.3 is 5.97 Å².